The van der Waals surface area contributed by atoms with Crippen molar-refractivity contribution in [2.45, 2.75) is 13.0 Å². The summed E-state index contributed by atoms with van der Waals surface area (Å²) in [5.74, 6) is -0.249. The molecule has 0 amide bonds. The topological polar surface area (TPSA) is 53.1 Å². The molecule has 1 unspecified atom stereocenters. The van der Waals surface area contributed by atoms with Gasteiger partial charge in [0, 0.05) is 28.3 Å². The maximum atomic E-state index is 14.0. The summed E-state index contributed by atoms with van der Waals surface area (Å²) in [6, 6.07) is 12.0. The van der Waals surface area contributed by atoms with Crippen LogP contribution in [0.2, 0.25) is 0 Å². The van der Waals surface area contributed by atoms with Crippen LogP contribution < -0.4 is 10.6 Å². The number of hydrogen-bond donors (Lipinski definition) is 2. The summed E-state index contributed by atoms with van der Waals surface area (Å²) in [6.45, 7) is 1.92. The van der Waals surface area contributed by atoms with E-state index in [4.69, 9.17) is 11.1 Å². The number of nitrogens with two attached hydrogens (primary N) is 1. The van der Waals surface area contributed by atoms with Crippen LogP contribution in [-0.2, 0) is 0 Å². The molecule has 2 rings (SSSR count). The van der Waals surface area contributed by atoms with E-state index in [0.29, 0.717) is 11.1 Å². The molecule has 0 saturated carbocycles. The van der Waals surface area contributed by atoms with Crippen molar-refractivity contribution in [2.75, 3.05) is 11.9 Å². The van der Waals surface area contributed by atoms with Gasteiger partial charge >= 0.3 is 0 Å². The van der Waals surface area contributed by atoms with Crippen molar-refractivity contribution < 1.29 is 4.39 Å². The normalized spacial score (nSPS) is 12.0. The Labute approximate surface area is 132 Å². The fourth-order valence-electron chi connectivity index (χ4n) is 2.26. The van der Waals surface area contributed by atoms with Crippen molar-refractivity contribution in [3.63, 3.8) is 0 Å². The van der Waals surface area contributed by atoms with E-state index in [1.165, 1.54) is 6.07 Å². The first-order chi connectivity index (χ1) is 9.91. The zero-order chi connectivity index (χ0) is 15.6. The fraction of sp³-hybridized carbons (Fsp3) is 0.188. The third-order valence-electron chi connectivity index (χ3n) is 3.57. The number of rotatable bonds is 4. The molecule has 3 N–H and O–H groups in total. The number of anilines is 1. The lowest BCUT2D eigenvalue weighted by Gasteiger charge is -2.29. The van der Waals surface area contributed by atoms with Gasteiger partial charge in [0.2, 0.25) is 0 Å². The molecule has 1 atom stereocenters. The van der Waals surface area contributed by atoms with Crippen molar-refractivity contribution in [1.82, 2.24) is 0 Å². The summed E-state index contributed by atoms with van der Waals surface area (Å²) in [5, 5.41) is 7.69. The van der Waals surface area contributed by atoms with E-state index in [0.717, 1.165) is 10.2 Å². The Balaban J connectivity index is 2.44. The van der Waals surface area contributed by atoms with Crippen LogP contribution in [-0.4, -0.2) is 12.9 Å². The maximum absolute atomic E-state index is 14.0. The second kappa shape index (κ2) is 6.26. The first kappa shape index (κ1) is 15.5. The van der Waals surface area contributed by atoms with Crippen LogP contribution in [0.25, 0.3) is 0 Å². The van der Waals surface area contributed by atoms with E-state index in [-0.39, 0.29) is 17.7 Å². The average molecular weight is 350 g/mol. The van der Waals surface area contributed by atoms with Crippen LogP contribution in [0.15, 0.2) is 46.9 Å². The zero-order valence-electron chi connectivity index (χ0n) is 11.9. The summed E-state index contributed by atoms with van der Waals surface area (Å²) in [5.41, 5.74) is 7.66. The molecular formula is C16H17BrFN3. The lowest BCUT2D eigenvalue weighted by atomic mass is 10.0. The van der Waals surface area contributed by atoms with Crippen molar-refractivity contribution >= 4 is 27.5 Å². The van der Waals surface area contributed by atoms with Crippen LogP contribution in [0.5, 0.6) is 0 Å². The minimum atomic E-state index is -0.240. The molecule has 5 heteroatoms. The first-order valence-corrected chi connectivity index (χ1v) is 7.32. The third kappa shape index (κ3) is 3.24. The number of nitrogen functional groups attached to an aromatic ring is 1. The molecule has 0 aliphatic carbocycles. The van der Waals surface area contributed by atoms with Crippen LogP contribution in [0.1, 0.15) is 24.1 Å². The van der Waals surface area contributed by atoms with Crippen LogP contribution in [0, 0.1) is 11.2 Å². The number of nitrogens with one attached hydrogen (secondary N) is 1. The summed E-state index contributed by atoms with van der Waals surface area (Å²) >= 11 is 3.42. The Morgan fingerprint density at radius 1 is 1.29 bits per heavy atom. The highest BCUT2D eigenvalue weighted by Gasteiger charge is 2.19. The molecule has 2 aromatic rings. The fourth-order valence-corrected chi connectivity index (χ4v) is 2.60. The van der Waals surface area contributed by atoms with Crippen LogP contribution >= 0.6 is 15.9 Å². The largest absolute Gasteiger partial charge is 0.384 e. The number of hydrogen-bond acceptors (Lipinski definition) is 2. The first-order valence-electron chi connectivity index (χ1n) is 6.53. The molecule has 2 aromatic carbocycles. The molecule has 0 bridgehead atoms. The molecule has 0 spiro atoms. The number of amidine groups is 1. The van der Waals surface area contributed by atoms with E-state index in [1.807, 2.05) is 37.1 Å². The molecule has 0 radical (unpaired) electrons. The summed E-state index contributed by atoms with van der Waals surface area (Å²) in [7, 11) is 1.87. The number of halogens is 2. The lowest BCUT2D eigenvalue weighted by molar-refractivity contribution is 0.585. The minimum Gasteiger partial charge on any atom is -0.384 e. The highest BCUT2D eigenvalue weighted by atomic mass is 79.9. The van der Waals surface area contributed by atoms with Gasteiger partial charge in [-0.2, -0.15) is 0 Å². The van der Waals surface area contributed by atoms with E-state index < -0.39 is 0 Å². The lowest BCUT2D eigenvalue weighted by Crippen LogP contribution is -2.26. The Hall–Kier alpha value is -1.88. The smallest absolute Gasteiger partial charge is 0.128 e. The number of benzene rings is 2. The van der Waals surface area contributed by atoms with Gasteiger partial charge < -0.3 is 10.6 Å². The van der Waals surface area contributed by atoms with Crippen LogP contribution in [0.4, 0.5) is 10.1 Å². The van der Waals surface area contributed by atoms with Gasteiger partial charge in [0.15, 0.2) is 0 Å². The Morgan fingerprint density at radius 2 is 1.95 bits per heavy atom. The highest BCUT2D eigenvalue weighted by Crippen LogP contribution is 2.31. The molecule has 21 heavy (non-hydrogen) atoms. The molecular weight excluding hydrogens is 333 g/mol. The molecule has 0 aromatic heterocycles. The molecule has 0 aliphatic heterocycles. The molecule has 0 fully saturated rings. The predicted molar refractivity (Wildman–Crippen MR) is 88.4 cm³/mol. The zero-order valence-corrected chi connectivity index (χ0v) is 13.5. The summed E-state index contributed by atoms with van der Waals surface area (Å²) in [6.07, 6.45) is 0. The van der Waals surface area contributed by atoms with E-state index in [1.54, 1.807) is 18.2 Å². The van der Waals surface area contributed by atoms with Gasteiger partial charge in [-0.25, -0.2) is 4.39 Å². The highest BCUT2D eigenvalue weighted by molar-refractivity contribution is 9.10. The minimum absolute atomic E-state index is 0.00918. The summed E-state index contributed by atoms with van der Waals surface area (Å²) in [4.78, 5) is 1.92. The molecule has 3 nitrogen and oxygen atoms in total. The molecule has 0 aliphatic rings. The average Bonchev–Trinajstić information content (AvgIpc) is 2.45. The predicted octanol–water partition coefficient (Wildman–Crippen LogP) is 4.07. The molecule has 0 heterocycles. The Kier molecular flexibility index (Phi) is 4.63. The number of nitrogens with zero attached hydrogens (tertiary/aromatic N) is 1. The maximum Gasteiger partial charge on any atom is 0.128 e. The van der Waals surface area contributed by atoms with Crippen molar-refractivity contribution in [3.8, 4) is 0 Å². The van der Waals surface area contributed by atoms with Gasteiger partial charge in [0.1, 0.15) is 11.7 Å². The van der Waals surface area contributed by atoms with Crippen molar-refractivity contribution in [1.29, 1.82) is 5.41 Å². The van der Waals surface area contributed by atoms with E-state index in [9.17, 15) is 4.39 Å². The second-order valence-corrected chi connectivity index (χ2v) is 5.80. The molecule has 0 saturated heterocycles. The van der Waals surface area contributed by atoms with Gasteiger partial charge in [-0.3, -0.25) is 5.41 Å². The Bertz CT molecular complexity index is 672. The van der Waals surface area contributed by atoms with Gasteiger partial charge in [-0.15, -0.1) is 0 Å². The third-order valence-corrected chi connectivity index (χ3v) is 4.06. The standard InChI is InChI=1S/C16H17BrFN3/c1-10(12-5-3-4-6-14(12)18)21(2)15-9-11(17)7-8-13(15)16(19)20/h3-10H,1-2H3,(H3,19,20). The van der Waals surface area contributed by atoms with Gasteiger partial charge in [0.05, 0.1) is 6.04 Å². The van der Waals surface area contributed by atoms with Gasteiger partial charge in [0.25, 0.3) is 0 Å². The van der Waals surface area contributed by atoms with Crippen molar-refractivity contribution in [2.24, 2.45) is 5.73 Å². The monoisotopic (exact) mass is 349 g/mol. The summed E-state index contributed by atoms with van der Waals surface area (Å²) < 4.78 is 14.8. The SMILES string of the molecule is CC(c1ccccc1F)N(C)c1cc(Br)ccc1C(=N)N. The van der Waals surface area contributed by atoms with Gasteiger partial charge in [-0.05, 0) is 31.2 Å². The van der Waals surface area contributed by atoms with Crippen molar-refractivity contribution in [3.05, 3.63) is 63.9 Å². The quantitative estimate of drug-likeness (QED) is 0.645. The van der Waals surface area contributed by atoms with Gasteiger partial charge in [-0.1, -0.05) is 34.1 Å². The molecule has 110 valence electrons. The Morgan fingerprint density at radius 3 is 2.57 bits per heavy atom. The van der Waals surface area contributed by atoms with E-state index >= 15 is 0 Å². The second-order valence-electron chi connectivity index (χ2n) is 4.88. The van der Waals surface area contributed by atoms with Crippen LogP contribution in [0.3, 0.4) is 0 Å². The van der Waals surface area contributed by atoms with E-state index in [2.05, 4.69) is 15.9 Å².